The second kappa shape index (κ2) is 17.0. The normalized spacial score (nSPS) is 21.9. The van der Waals surface area contributed by atoms with Crippen molar-refractivity contribution in [1.82, 2.24) is 30.2 Å². The standard InChI is InChI=1S/C44H62FN7O6/c1-5-52-34(16-23-46-52)38(53)48-37(35(28-8-6-9-28)29-10-7-11-29)39(54)47-33-15-12-30(26-32(33)45)27(2)36(49-42(58)50(4)31-13-14-31)40(55)51-24-21-44(22-25-51)19-17-43(3,18-20-44)41(56)57/h12,15-16,23,26-29,31,35-37H,5-11,13-14,17-22,24-25H2,1-4H3,(H,47,54)(H,48,53)(H,49,58)(H,56,57)/t27-,36+,37-/m0/s1. The van der Waals surface area contributed by atoms with Gasteiger partial charge in [-0.05, 0) is 112 Å². The Morgan fingerprint density at radius 2 is 1.55 bits per heavy atom. The highest BCUT2D eigenvalue weighted by atomic mass is 19.1. The third-order valence-corrected chi connectivity index (χ3v) is 14.9. The largest absolute Gasteiger partial charge is 0.481 e. The average Bonchev–Trinajstić information content (AvgIpc) is 3.91. The first-order valence-electron chi connectivity index (χ1n) is 21.7. The maximum absolute atomic E-state index is 16.2. The first kappa shape index (κ1) is 41.7. The van der Waals surface area contributed by atoms with Gasteiger partial charge < -0.3 is 30.9 Å². The molecule has 5 fully saturated rings. The van der Waals surface area contributed by atoms with Gasteiger partial charge in [0, 0.05) is 44.8 Å². The van der Waals surface area contributed by atoms with Gasteiger partial charge in [-0.25, -0.2) is 9.18 Å². The van der Waals surface area contributed by atoms with Crippen LogP contribution in [0.5, 0.6) is 0 Å². The number of aromatic nitrogens is 2. The number of amides is 5. The van der Waals surface area contributed by atoms with Crippen LogP contribution in [-0.4, -0.2) is 92.7 Å². The van der Waals surface area contributed by atoms with Crippen molar-refractivity contribution in [2.75, 3.05) is 25.5 Å². The summed E-state index contributed by atoms with van der Waals surface area (Å²) >= 11 is 0. The summed E-state index contributed by atoms with van der Waals surface area (Å²) in [5, 5.41) is 22.8. The number of carboxylic acid groups (broad SMARTS) is 1. The van der Waals surface area contributed by atoms with Crippen LogP contribution in [0.15, 0.2) is 30.5 Å². The SMILES string of the molecule is CCn1nccc1C(=O)N[C@H](C(=O)Nc1ccc([C@H](C)[C@@H](NC(=O)N(C)C2CC2)C(=O)N2CCC3(CC2)CCC(C)(C(=O)O)CC3)cc1F)C(C1CCC1)C1CCC1. The molecule has 4 aliphatic carbocycles. The number of carbonyl (C=O) groups excluding carboxylic acids is 4. The molecule has 5 aliphatic rings. The molecule has 4 N–H and O–H groups in total. The second-order valence-electron chi connectivity index (χ2n) is 18.4. The number of hydrogen-bond acceptors (Lipinski definition) is 6. The predicted molar refractivity (Wildman–Crippen MR) is 216 cm³/mol. The van der Waals surface area contributed by atoms with Gasteiger partial charge >= 0.3 is 12.0 Å². The zero-order valence-electron chi connectivity index (χ0n) is 34.6. The van der Waals surface area contributed by atoms with Gasteiger partial charge in [-0.1, -0.05) is 51.5 Å². The molecule has 0 radical (unpaired) electrons. The molecule has 0 unspecified atom stereocenters. The Morgan fingerprint density at radius 3 is 2.09 bits per heavy atom. The quantitative estimate of drug-likeness (QED) is 0.168. The van der Waals surface area contributed by atoms with Crippen molar-refractivity contribution >= 4 is 35.4 Å². The van der Waals surface area contributed by atoms with Crippen molar-refractivity contribution < 1.29 is 33.5 Å². The minimum Gasteiger partial charge on any atom is -0.481 e. The first-order chi connectivity index (χ1) is 27.7. The van der Waals surface area contributed by atoms with Gasteiger partial charge in [0.15, 0.2) is 0 Å². The lowest BCUT2D eigenvalue weighted by molar-refractivity contribution is -0.152. The molecule has 2 heterocycles. The second-order valence-corrected chi connectivity index (χ2v) is 18.4. The number of piperidine rings is 1. The number of carbonyl (C=O) groups is 5. The first-order valence-corrected chi connectivity index (χ1v) is 21.7. The smallest absolute Gasteiger partial charge is 0.318 e. The van der Waals surface area contributed by atoms with Gasteiger partial charge in [-0.15, -0.1) is 0 Å². The van der Waals surface area contributed by atoms with E-state index >= 15 is 4.39 Å². The summed E-state index contributed by atoms with van der Waals surface area (Å²) in [5.41, 5.74) is 0.133. The highest BCUT2D eigenvalue weighted by Crippen LogP contribution is 2.51. The molecule has 1 aliphatic heterocycles. The molecule has 1 saturated heterocycles. The topological polar surface area (TPSA) is 166 Å². The number of hydrogen-bond donors (Lipinski definition) is 4. The van der Waals surface area contributed by atoms with E-state index in [1.165, 1.54) is 12.1 Å². The number of anilines is 1. The number of nitrogens with zero attached hydrogens (tertiary/aromatic N) is 4. The summed E-state index contributed by atoms with van der Waals surface area (Å²) in [4.78, 5) is 70.9. The Bertz CT molecular complexity index is 1840. The van der Waals surface area contributed by atoms with E-state index in [1.807, 2.05) is 13.8 Å². The molecule has 2 aromatic rings. The number of rotatable bonds is 14. The van der Waals surface area contributed by atoms with E-state index < -0.39 is 41.1 Å². The van der Waals surface area contributed by atoms with E-state index in [4.69, 9.17) is 0 Å². The van der Waals surface area contributed by atoms with E-state index in [1.54, 1.807) is 46.8 Å². The number of nitrogens with one attached hydrogen (secondary N) is 3. The minimum absolute atomic E-state index is 0.00132. The van der Waals surface area contributed by atoms with Gasteiger partial charge in [0.05, 0.1) is 11.1 Å². The number of benzene rings is 1. The fourth-order valence-electron chi connectivity index (χ4n) is 9.93. The van der Waals surface area contributed by atoms with Crippen LogP contribution in [-0.2, 0) is 20.9 Å². The lowest BCUT2D eigenvalue weighted by atomic mass is 9.61. The van der Waals surface area contributed by atoms with Crippen molar-refractivity contribution in [1.29, 1.82) is 0 Å². The van der Waals surface area contributed by atoms with Crippen molar-refractivity contribution in [3.63, 3.8) is 0 Å². The van der Waals surface area contributed by atoms with Gasteiger partial charge in [-0.2, -0.15) is 5.10 Å². The number of aryl methyl sites for hydroxylation is 1. The molecular formula is C44H62FN7O6. The highest BCUT2D eigenvalue weighted by Gasteiger charge is 2.47. The van der Waals surface area contributed by atoms with Crippen LogP contribution in [0.25, 0.3) is 0 Å². The predicted octanol–water partition coefficient (Wildman–Crippen LogP) is 6.55. The Morgan fingerprint density at radius 1 is 0.914 bits per heavy atom. The summed E-state index contributed by atoms with van der Waals surface area (Å²) in [6, 6.07) is 4.10. The average molecular weight is 804 g/mol. The number of aliphatic carboxylic acids is 1. The van der Waals surface area contributed by atoms with Crippen LogP contribution in [0.2, 0.25) is 0 Å². The van der Waals surface area contributed by atoms with Gasteiger partial charge in [-0.3, -0.25) is 23.9 Å². The number of urea groups is 1. The zero-order chi connectivity index (χ0) is 41.4. The summed E-state index contributed by atoms with van der Waals surface area (Å²) in [6.45, 7) is 7.02. The van der Waals surface area contributed by atoms with Crippen LogP contribution < -0.4 is 16.0 Å². The zero-order valence-corrected chi connectivity index (χ0v) is 34.6. The third kappa shape index (κ3) is 8.61. The Hall–Kier alpha value is -4.49. The van der Waals surface area contributed by atoms with Gasteiger partial charge in [0.25, 0.3) is 5.91 Å². The van der Waals surface area contributed by atoms with E-state index in [0.29, 0.717) is 55.6 Å². The summed E-state index contributed by atoms with van der Waals surface area (Å²) in [6.07, 6.45) is 13.9. The summed E-state index contributed by atoms with van der Waals surface area (Å²) in [5.74, 6) is -2.58. The molecule has 0 bridgehead atoms. The minimum atomic E-state index is -0.967. The van der Waals surface area contributed by atoms with E-state index in [-0.39, 0.29) is 40.9 Å². The van der Waals surface area contributed by atoms with Crippen molar-refractivity contribution in [2.45, 2.75) is 141 Å². The van der Waals surface area contributed by atoms with Crippen LogP contribution in [0, 0.1) is 34.4 Å². The van der Waals surface area contributed by atoms with E-state index in [0.717, 1.165) is 77.0 Å². The molecule has 3 atom stereocenters. The Balaban J connectivity index is 1.07. The van der Waals surface area contributed by atoms with Crippen molar-refractivity contribution in [2.24, 2.45) is 28.6 Å². The van der Waals surface area contributed by atoms with Crippen LogP contribution in [0.1, 0.15) is 133 Å². The molecule has 1 aromatic heterocycles. The Labute approximate surface area is 341 Å². The van der Waals surface area contributed by atoms with Crippen LogP contribution in [0.4, 0.5) is 14.9 Å². The molecule has 1 spiro atoms. The number of likely N-dealkylation sites (tertiary alicyclic amines) is 1. The van der Waals surface area contributed by atoms with Crippen LogP contribution in [0.3, 0.4) is 0 Å². The maximum Gasteiger partial charge on any atom is 0.318 e. The molecule has 1 aromatic carbocycles. The third-order valence-electron chi connectivity index (χ3n) is 14.9. The molecule has 14 heteroatoms. The summed E-state index contributed by atoms with van der Waals surface area (Å²) < 4.78 is 17.8. The molecule has 13 nitrogen and oxygen atoms in total. The Kier molecular flexibility index (Phi) is 12.2. The van der Waals surface area contributed by atoms with E-state index in [9.17, 15) is 29.1 Å². The molecule has 316 valence electrons. The molecule has 58 heavy (non-hydrogen) atoms. The monoisotopic (exact) mass is 803 g/mol. The van der Waals surface area contributed by atoms with Gasteiger partial charge in [0.2, 0.25) is 11.8 Å². The van der Waals surface area contributed by atoms with Gasteiger partial charge in [0.1, 0.15) is 23.6 Å². The fraction of sp³-hybridized carbons (Fsp3) is 0.682. The molecule has 5 amide bonds. The lowest BCUT2D eigenvalue weighted by Crippen LogP contribution is -2.56. The van der Waals surface area contributed by atoms with Crippen molar-refractivity contribution in [3.05, 3.63) is 47.5 Å². The van der Waals surface area contributed by atoms with E-state index in [2.05, 4.69) is 21.0 Å². The molecule has 4 saturated carbocycles. The fourth-order valence-corrected chi connectivity index (χ4v) is 9.93. The number of carboxylic acids is 1. The van der Waals surface area contributed by atoms with Crippen molar-refractivity contribution in [3.8, 4) is 0 Å². The van der Waals surface area contributed by atoms with Crippen LogP contribution >= 0.6 is 0 Å². The number of halogens is 1. The summed E-state index contributed by atoms with van der Waals surface area (Å²) in [7, 11) is 1.73. The highest BCUT2D eigenvalue weighted by molar-refractivity contribution is 6.01. The molecular weight excluding hydrogens is 742 g/mol. The molecule has 7 rings (SSSR count). The lowest BCUT2D eigenvalue weighted by Gasteiger charge is -2.48. The maximum atomic E-state index is 16.2.